The van der Waals surface area contributed by atoms with E-state index in [9.17, 15) is 0 Å². The SMILES string of the molecule is c1ccc(-c2ccc(-c3ccc(N(c4ccccc4)c4c(-c5ccccc5)c5c6ccccc6sc5c5ccccc45)cc3)cc2)cc1. The average Bonchev–Trinajstić information content (AvgIpc) is 3.56. The summed E-state index contributed by atoms with van der Waals surface area (Å²) >= 11 is 1.89. The molecule has 2 heteroatoms. The van der Waals surface area contributed by atoms with Crippen molar-refractivity contribution in [3.8, 4) is 33.4 Å². The third kappa shape index (κ3) is 4.86. The van der Waals surface area contributed by atoms with Crippen molar-refractivity contribution >= 4 is 59.3 Å². The second-order valence-electron chi connectivity index (χ2n) is 12.1. The summed E-state index contributed by atoms with van der Waals surface area (Å²) in [6, 6.07) is 68.0. The summed E-state index contributed by atoms with van der Waals surface area (Å²) in [5, 5.41) is 5.12. The molecule has 1 heterocycles. The molecule has 8 aromatic carbocycles. The van der Waals surface area contributed by atoms with Crippen LogP contribution in [0.4, 0.5) is 17.1 Å². The van der Waals surface area contributed by atoms with E-state index in [-0.39, 0.29) is 0 Å². The molecule has 0 radical (unpaired) electrons. The summed E-state index contributed by atoms with van der Waals surface area (Å²) in [4.78, 5) is 2.46. The van der Waals surface area contributed by atoms with Gasteiger partial charge in [-0.1, -0.05) is 158 Å². The zero-order chi connectivity index (χ0) is 31.9. The summed E-state index contributed by atoms with van der Waals surface area (Å²) in [5.74, 6) is 0. The molecule has 226 valence electrons. The van der Waals surface area contributed by atoms with Gasteiger partial charge >= 0.3 is 0 Å². The zero-order valence-corrected chi connectivity index (χ0v) is 27.1. The summed E-state index contributed by atoms with van der Waals surface area (Å²) in [6.45, 7) is 0. The van der Waals surface area contributed by atoms with E-state index in [1.165, 1.54) is 70.0 Å². The van der Waals surface area contributed by atoms with Crippen LogP contribution >= 0.6 is 11.3 Å². The van der Waals surface area contributed by atoms with E-state index in [0.29, 0.717) is 0 Å². The number of benzene rings is 8. The van der Waals surface area contributed by atoms with Crippen molar-refractivity contribution in [3.05, 3.63) is 188 Å². The topological polar surface area (TPSA) is 3.24 Å². The minimum atomic E-state index is 1.12. The number of thiophene rings is 1. The number of hydrogen-bond donors (Lipinski definition) is 0. The van der Waals surface area contributed by atoms with E-state index < -0.39 is 0 Å². The van der Waals surface area contributed by atoms with Gasteiger partial charge in [0.25, 0.3) is 0 Å². The van der Waals surface area contributed by atoms with Crippen LogP contribution in [0.15, 0.2) is 188 Å². The molecule has 0 atom stereocenters. The number of nitrogens with zero attached hydrogens (tertiary/aromatic N) is 1. The van der Waals surface area contributed by atoms with Gasteiger partial charge in [0.2, 0.25) is 0 Å². The van der Waals surface area contributed by atoms with Crippen molar-refractivity contribution in [2.75, 3.05) is 4.90 Å². The van der Waals surface area contributed by atoms with Crippen molar-refractivity contribution in [3.63, 3.8) is 0 Å². The molecular weight excluding hydrogens is 599 g/mol. The van der Waals surface area contributed by atoms with Crippen molar-refractivity contribution in [1.82, 2.24) is 0 Å². The number of para-hydroxylation sites is 1. The van der Waals surface area contributed by atoms with Gasteiger partial charge in [-0.2, -0.15) is 0 Å². The molecule has 0 N–H and O–H groups in total. The summed E-state index contributed by atoms with van der Waals surface area (Å²) in [5.41, 5.74) is 10.8. The molecule has 1 aromatic heterocycles. The van der Waals surface area contributed by atoms with Gasteiger partial charge in [0, 0.05) is 47.9 Å². The maximum Gasteiger partial charge on any atom is 0.0625 e. The van der Waals surface area contributed by atoms with Crippen LogP contribution in [0.2, 0.25) is 0 Å². The molecule has 0 spiro atoms. The first kappa shape index (κ1) is 28.3. The summed E-state index contributed by atoms with van der Waals surface area (Å²) in [7, 11) is 0. The molecule has 0 bridgehead atoms. The van der Waals surface area contributed by atoms with Gasteiger partial charge in [-0.05, 0) is 58.1 Å². The molecule has 0 amide bonds. The second-order valence-corrected chi connectivity index (χ2v) is 13.2. The minimum absolute atomic E-state index is 1.12. The van der Waals surface area contributed by atoms with Gasteiger partial charge < -0.3 is 4.90 Å². The molecule has 0 fully saturated rings. The molecule has 0 aliphatic carbocycles. The predicted molar refractivity (Wildman–Crippen MR) is 208 cm³/mol. The number of hydrogen-bond acceptors (Lipinski definition) is 2. The number of anilines is 3. The van der Waals surface area contributed by atoms with Crippen molar-refractivity contribution in [1.29, 1.82) is 0 Å². The van der Waals surface area contributed by atoms with Gasteiger partial charge in [-0.3, -0.25) is 0 Å². The van der Waals surface area contributed by atoms with Gasteiger partial charge in [-0.25, -0.2) is 0 Å². The van der Waals surface area contributed by atoms with E-state index in [4.69, 9.17) is 0 Å². The highest BCUT2D eigenvalue weighted by Crippen LogP contribution is 2.53. The van der Waals surface area contributed by atoms with Crippen molar-refractivity contribution in [2.45, 2.75) is 0 Å². The fraction of sp³-hybridized carbons (Fsp3) is 0. The van der Waals surface area contributed by atoms with Crippen LogP contribution in [0.25, 0.3) is 64.3 Å². The van der Waals surface area contributed by atoms with Crippen LogP contribution in [0.5, 0.6) is 0 Å². The van der Waals surface area contributed by atoms with E-state index in [0.717, 1.165) is 11.4 Å². The first-order valence-corrected chi connectivity index (χ1v) is 17.2. The fourth-order valence-corrected chi connectivity index (χ4v) is 8.26. The molecule has 1 nitrogen and oxygen atoms in total. The lowest BCUT2D eigenvalue weighted by Crippen LogP contribution is -2.12. The van der Waals surface area contributed by atoms with Crippen LogP contribution in [-0.4, -0.2) is 0 Å². The Balaban J connectivity index is 1.28. The number of rotatable bonds is 6. The van der Waals surface area contributed by atoms with Crippen LogP contribution < -0.4 is 4.90 Å². The molecule has 0 saturated carbocycles. The molecule has 9 rings (SSSR count). The van der Waals surface area contributed by atoms with Crippen LogP contribution in [0, 0.1) is 0 Å². The van der Waals surface area contributed by atoms with Crippen molar-refractivity contribution in [2.24, 2.45) is 0 Å². The monoisotopic (exact) mass is 629 g/mol. The maximum atomic E-state index is 2.46. The molecular formula is C46H31NS. The number of fused-ring (bicyclic) bond motifs is 5. The van der Waals surface area contributed by atoms with Crippen LogP contribution in [0.3, 0.4) is 0 Å². The molecule has 9 aromatic rings. The Morgan fingerprint density at radius 1 is 0.333 bits per heavy atom. The highest BCUT2D eigenvalue weighted by atomic mass is 32.1. The standard InChI is InChI=1S/C46H31NS/c1-4-14-32(15-5-1)33-24-26-34(27-25-33)35-28-30-38(31-29-35)47(37-18-8-3-9-19-37)45-39-20-10-11-21-40(39)46-44(41-22-12-13-23-42(41)48-46)43(45)36-16-6-2-7-17-36/h1-31H. The first-order valence-electron chi connectivity index (χ1n) is 16.4. The second kappa shape index (κ2) is 12.0. The Morgan fingerprint density at radius 3 is 1.40 bits per heavy atom. The Labute approximate surface area is 284 Å². The van der Waals surface area contributed by atoms with Gasteiger partial charge in [-0.15, -0.1) is 11.3 Å². The van der Waals surface area contributed by atoms with E-state index >= 15 is 0 Å². The van der Waals surface area contributed by atoms with Gasteiger partial charge in [0.1, 0.15) is 0 Å². The van der Waals surface area contributed by atoms with Crippen LogP contribution in [0.1, 0.15) is 0 Å². The Morgan fingerprint density at radius 2 is 0.771 bits per heavy atom. The minimum Gasteiger partial charge on any atom is -0.309 e. The zero-order valence-electron chi connectivity index (χ0n) is 26.3. The highest BCUT2D eigenvalue weighted by Gasteiger charge is 2.25. The quantitative estimate of drug-likeness (QED) is 0.177. The molecule has 0 saturated heterocycles. The van der Waals surface area contributed by atoms with E-state index in [1.807, 2.05) is 11.3 Å². The molecule has 0 aliphatic rings. The highest BCUT2D eigenvalue weighted by molar-refractivity contribution is 7.26. The third-order valence-electron chi connectivity index (χ3n) is 9.26. The normalized spacial score (nSPS) is 11.3. The van der Waals surface area contributed by atoms with E-state index in [2.05, 4.69) is 193 Å². The Kier molecular flexibility index (Phi) is 7.07. The molecule has 48 heavy (non-hydrogen) atoms. The molecule has 0 aliphatic heterocycles. The lowest BCUT2D eigenvalue weighted by Gasteiger charge is -2.30. The first-order chi connectivity index (χ1) is 23.8. The van der Waals surface area contributed by atoms with Gasteiger partial charge in [0.15, 0.2) is 0 Å². The van der Waals surface area contributed by atoms with Gasteiger partial charge in [0.05, 0.1) is 5.69 Å². The Bertz CT molecular complexity index is 2520. The van der Waals surface area contributed by atoms with Crippen molar-refractivity contribution < 1.29 is 0 Å². The summed E-state index contributed by atoms with van der Waals surface area (Å²) in [6.07, 6.45) is 0. The lowest BCUT2D eigenvalue weighted by molar-refractivity contribution is 1.30. The molecule has 0 unspecified atom stereocenters. The maximum absolute atomic E-state index is 2.46. The predicted octanol–water partition coefficient (Wildman–Crippen LogP) is 13.7. The fourth-order valence-electron chi connectivity index (χ4n) is 7.02. The van der Waals surface area contributed by atoms with Crippen LogP contribution in [-0.2, 0) is 0 Å². The smallest absolute Gasteiger partial charge is 0.0625 e. The average molecular weight is 630 g/mol. The lowest BCUT2D eigenvalue weighted by atomic mass is 9.91. The summed E-state index contributed by atoms with van der Waals surface area (Å²) < 4.78 is 2.64. The Hall–Kier alpha value is -5.96. The third-order valence-corrected chi connectivity index (χ3v) is 10.5. The largest absolute Gasteiger partial charge is 0.309 e. The van der Waals surface area contributed by atoms with E-state index in [1.54, 1.807) is 0 Å².